The summed E-state index contributed by atoms with van der Waals surface area (Å²) >= 11 is 0. The molecule has 0 spiro atoms. The van der Waals surface area contributed by atoms with Gasteiger partial charge in [-0.25, -0.2) is 4.79 Å². The van der Waals surface area contributed by atoms with Gasteiger partial charge >= 0.3 is 6.03 Å². The van der Waals surface area contributed by atoms with Crippen molar-refractivity contribution in [3.63, 3.8) is 0 Å². The number of hydrogen-bond acceptors (Lipinski definition) is 2. The highest BCUT2D eigenvalue weighted by molar-refractivity contribution is 5.82. The summed E-state index contributed by atoms with van der Waals surface area (Å²) < 4.78 is 0. The van der Waals surface area contributed by atoms with Crippen LogP contribution < -0.4 is 10.6 Å². The molecule has 1 aliphatic rings. The quantitative estimate of drug-likeness (QED) is 0.867. The fraction of sp³-hybridized carbons (Fsp3) is 0.333. The van der Waals surface area contributed by atoms with Gasteiger partial charge in [0.05, 0.1) is 18.1 Å². The zero-order valence-corrected chi connectivity index (χ0v) is 15.2. The van der Waals surface area contributed by atoms with Gasteiger partial charge in [0.15, 0.2) is 0 Å². The average Bonchev–Trinajstić information content (AvgIpc) is 3.02. The van der Waals surface area contributed by atoms with Crippen molar-refractivity contribution >= 4 is 11.9 Å². The number of nitrogens with one attached hydrogen (secondary N) is 2. The topological polar surface area (TPSA) is 61.4 Å². The predicted molar refractivity (Wildman–Crippen MR) is 101 cm³/mol. The third-order valence-electron chi connectivity index (χ3n) is 4.89. The number of hydrogen-bond donors (Lipinski definition) is 2. The van der Waals surface area contributed by atoms with Gasteiger partial charge in [-0.2, -0.15) is 0 Å². The largest absolute Gasteiger partial charge is 0.334 e. The monoisotopic (exact) mass is 351 g/mol. The lowest BCUT2D eigenvalue weighted by molar-refractivity contribution is -0.129. The van der Waals surface area contributed by atoms with Gasteiger partial charge in [-0.15, -0.1) is 0 Å². The molecule has 2 aromatic rings. The molecule has 1 heterocycles. The minimum absolute atomic E-state index is 0.00167. The summed E-state index contributed by atoms with van der Waals surface area (Å²) in [7, 11) is 0. The lowest BCUT2D eigenvalue weighted by Gasteiger charge is -2.25. The molecule has 0 saturated carbocycles. The molecule has 1 saturated heterocycles. The van der Waals surface area contributed by atoms with Crippen molar-refractivity contribution in [3.05, 3.63) is 71.8 Å². The predicted octanol–water partition coefficient (Wildman–Crippen LogP) is 3.41. The standard InChI is InChI=1S/C21H25N3O2/c1-15(17-9-5-3-6-10-17)22-21(26)23-19-13-20(25)24(14-19)16(2)18-11-7-4-8-12-18/h3-12,15-16,19H,13-14H2,1-2H3,(H2,22,23,26). The highest BCUT2D eigenvalue weighted by Crippen LogP contribution is 2.25. The molecular weight excluding hydrogens is 326 g/mol. The van der Waals surface area contributed by atoms with Gasteiger partial charge < -0.3 is 15.5 Å². The molecule has 136 valence electrons. The Kier molecular flexibility index (Phi) is 5.56. The molecular formula is C21H25N3O2. The third-order valence-corrected chi connectivity index (χ3v) is 4.89. The Morgan fingerprint density at radius 2 is 1.58 bits per heavy atom. The van der Waals surface area contributed by atoms with Crippen LogP contribution in [-0.2, 0) is 4.79 Å². The number of benzene rings is 2. The van der Waals surface area contributed by atoms with E-state index >= 15 is 0 Å². The van der Waals surface area contributed by atoms with Crippen molar-refractivity contribution in [2.24, 2.45) is 0 Å². The number of likely N-dealkylation sites (tertiary alicyclic amines) is 1. The van der Waals surface area contributed by atoms with Crippen LogP contribution >= 0.6 is 0 Å². The summed E-state index contributed by atoms with van der Waals surface area (Å²) in [5.74, 6) is 0.0720. The molecule has 5 heteroatoms. The van der Waals surface area contributed by atoms with Crippen molar-refractivity contribution in [3.8, 4) is 0 Å². The molecule has 5 nitrogen and oxygen atoms in total. The Morgan fingerprint density at radius 3 is 2.19 bits per heavy atom. The van der Waals surface area contributed by atoms with Crippen LogP contribution in [-0.4, -0.2) is 29.4 Å². The second kappa shape index (κ2) is 8.04. The second-order valence-corrected chi connectivity index (χ2v) is 6.78. The average molecular weight is 351 g/mol. The van der Waals surface area contributed by atoms with Crippen LogP contribution in [0.15, 0.2) is 60.7 Å². The number of carbonyl (C=O) groups excluding carboxylic acids is 2. The van der Waals surface area contributed by atoms with E-state index in [0.717, 1.165) is 11.1 Å². The van der Waals surface area contributed by atoms with Crippen molar-refractivity contribution < 1.29 is 9.59 Å². The number of nitrogens with zero attached hydrogens (tertiary/aromatic N) is 1. The van der Waals surface area contributed by atoms with Crippen LogP contribution in [0.2, 0.25) is 0 Å². The van der Waals surface area contributed by atoms with Gasteiger partial charge in [0.25, 0.3) is 0 Å². The summed E-state index contributed by atoms with van der Waals surface area (Å²) in [6.45, 7) is 4.49. The van der Waals surface area contributed by atoms with Crippen LogP contribution in [0.4, 0.5) is 4.79 Å². The van der Waals surface area contributed by atoms with E-state index in [4.69, 9.17) is 0 Å². The molecule has 0 bridgehead atoms. The first kappa shape index (κ1) is 18.0. The maximum absolute atomic E-state index is 12.4. The second-order valence-electron chi connectivity index (χ2n) is 6.78. The fourth-order valence-electron chi connectivity index (χ4n) is 3.36. The highest BCUT2D eigenvalue weighted by Gasteiger charge is 2.34. The maximum atomic E-state index is 12.4. The third kappa shape index (κ3) is 4.23. The first-order chi connectivity index (χ1) is 12.5. The highest BCUT2D eigenvalue weighted by atomic mass is 16.2. The van der Waals surface area contributed by atoms with E-state index in [0.29, 0.717) is 13.0 Å². The minimum Gasteiger partial charge on any atom is -0.334 e. The molecule has 0 aliphatic carbocycles. The van der Waals surface area contributed by atoms with Crippen molar-refractivity contribution in [1.82, 2.24) is 15.5 Å². The van der Waals surface area contributed by atoms with Gasteiger partial charge in [-0.05, 0) is 25.0 Å². The Hall–Kier alpha value is -2.82. The van der Waals surface area contributed by atoms with Crippen LogP contribution in [0.3, 0.4) is 0 Å². The van der Waals surface area contributed by atoms with Crippen LogP contribution in [0.1, 0.15) is 43.5 Å². The van der Waals surface area contributed by atoms with Crippen LogP contribution in [0.25, 0.3) is 0 Å². The van der Waals surface area contributed by atoms with Gasteiger partial charge in [0, 0.05) is 13.0 Å². The van der Waals surface area contributed by atoms with E-state index in [1.54, 1.807) is 0 Å². The van der Waals surface area contributed by atoms with Crippen molar-refractivity contribution in [2.75, 3.05) is 6.54 Å². The summed E-state index contributed by atoms with van der Waals surface area (Å²) in [5, 5.41) is 5.87. The SMILES string of the molecule is CC(NC(=O)NC1CC(=O)N(C(C)c2ccccc2)C1)c1ccccc1. The molecule has 0 aromatic heterocycles. The van der Waals surface area contributed by atoms with E-state index in [2.05, 4.69) is 10.6 Å². The van der Waals surface area contributed by atoms with E-state index in [9.17, 15) is 9.59 Å². The lowest BCUT2D eigenvalue weighted by atomic mass is 10.1. The van der Waals surface area contributed by atoms with E-state index in [1.807, 2.05) is 79.4 Å². The molecule has 3 amide bonds. The number of rotatable bonds is 5. The van der Waals surface area contributed by atoms with Crippen molar-refractivity contribution in [2.45, 2.75) is 38.4 Å². The summed E-state index contributed by atoms with van der Waals surface area (Å²) in [5.41, 5.74) is 2.15. The molecule has 1 fully saturated rings. The maximum Gasteiger partial charge on any atom is 0.315 e. The lowest BCUT2D eigenvalue weighted by Crippen LogP contribution is -2.44. The number of amides is 3. The first-order valence-corrected chi connectivity index (χ1v) is 9.01. The van der Waals surface area contributed by atoms with Gasteiger partial charge in [-0.1, -0.05) is 60.7 Å². The van der Waals surface area contributed by atoms with E-state index < -0.39 is 0 Å². The molecule has 3 rings (SSSR count). The van der Waals surface area contributed by atoms with E-state index in [-0.39, 0.29) is 30.1 Å². The number of urea groups is 1. The Labute approximate surface area is 154 Å². The van der Waals surface area contributed by atoms with Gasteiger partial charge in [-0.3, -0.25) is 4.79 Å². The minimum atomic E-state index is -0.242. The molecule has 26 heavy (non-hydrogen) atoms. The molecule has 3 atom stereocenters. The molecule has 3 unspecified atom stereocenters. The van der Waals surface area contributed by atoms with Gasteiger partial charge in [0.2, 0.25) is 5.91 Å². The smallest absolute Gasteiger partial charge is 0.315 e. The number of carbonyl (C=O) groups is 2. The molecule has 2 N–H and O–H groups in total. The van der Waals surface area contributed by atoms with Crippen LogP contribution in [0.5, 0.6) is 0 Å². The Bertz CT molecular complexity index is 748. The Balaban J connectivity index is 1.55. The van der Waals surface area contributed by atoms with E-state index in [1.165, 1.54) is 0 Å². The van der Waals surface area contributed by atoms with Gasteiger partial charge in [0.1, 0.15) is 0 Å². The normalized spacial score (nSPS) is 19.1. The van der Waals surface area contributed by atoms with Crippen LogP contribution in [0, 0.1) is 0 Å². The molecule has 1 aliphatic heterocycles. The van der Waals surface area contributed by atoms with Crippen molar-refractivity contribution in [1.29, 1.82) is 0 Å². The summed E-state index contributed by atoms with van der Waals surface area (Å²) in [6.07, 6.45) is 0.338. The molecule has 2 aromatic carbocycles. The summed E-state index contributed by atoms with van der Waals surface area (Å²) in [6, 6.07) is 19.3. The summed E-state index contributed by atoms with van der Waals surface area (Å²) in [4.78, 5) is 26.5. The Morgan fingerprint density at radius 1 is 1.00 bits per heavy atom. The molecule has 0 radical (unpaired) electrons. The zero-order chi connectivity index (χ0) is 18.5. The zero-order valence-electron chi connectivity index (χ0n) is 15.2. The fourth-order valence-corrected chi connectivity index (χ4v) is 3.36. The first-order valence-electron chi connectivity index (χ1n) is 9.01.